The van der Waals surface area contributed by atoms with Crippen LogP contribution in [-0.4, -0.2) is 47.1 Å². The van der Waals surface area contributed by atoms with Crippen molar-refractivity contribution in [3.8, 4) is 11.1 Å². The monoisotopic (exact) mass is 390 g/mol. The van der Waals surface area contributed by atoms with Crippen molar-refractivity contribution in [2.45, 2.75) is 0 Å². The van der Waals surface area contributed by atoms with Gasteiger partial charge in [-0.1, -0.05) is 23.4 Å². The number of benzene rings is 1. The number of amides is 1. The summed E-state index contributed by atoms with van der Waals surface area (Å²) in [5, 5.41) is 8.98. The third kappa shape index (κ3) is 3.03. The van der Waals surface area contributed by atoms with Crippen LogP contribution in [0.25, 0.3) is 22.0 Å². The number of carbonyl (C=O) groups is 1. The molecule has 28 heavy (non-hydrogen) atoms. The molecular weight excluding hydrogens is 372 g/mol. The van der Waals surface area contributed by atoms with Crippen LogP contribution >= 0.6 is 11.3 Å². The van der Waals surface area contributed by atoms with Crippen LogP contribution in [0.4, 0.5) is 5.82 Å². The average molecular weight is 390 g/mol. The van der Waals surface area contributed by atoms with Gasteiger partial charge in [0.1, 0.15) is 5.82 Å². The van der Waals surface area contributed by atoms with Gasteiger partial charge in [-0.25, -0.2) is 4.98 Å². The van der Waals surface area contributed by atoms with E-state index in [1.165, 1.54) is 11.8 Å². The van der Waals surface area contributed by atoms with Crippen LogP contribution in [0, 0.1) is 0 Å². The van der Waals surface area contributed by atoms with Gasteiger partial charge in [-0.15, -0.1) is 0 Å². The van der Waals surface area contributed by atoms with Crippen molar-refractivity contribution < 1.29 is 9.32 Å². The Morgan fingerprint density at radius 1 is 1.04 bits per heavy atom. The molecule has 0 radical (unpaired) electrons. The Kier molecular flexibility index (Phi) is 4.29. The predicted molar refractivity (Wildman–Crippen MR) is 110 cm³/mol. The zero-order valence-corrected chi connectivity index (χ0v) is 15.9. The van der Waals surface area contributed by atoms with Crippen LogP contribution < -0.4 is 4.90 Å². The zero-order valence-electron chi connectivity index (χ0n) is 15.1. The molecule has 4 aromatic rings. The lowest BCUT2D eigenvalue weighted by Crippen LogP contribution is -2.49. The van der Waals surface area contributed by atoms with E-state index in [-0.39, 0.29) is 11.7 Å². The number of hydrogen-bond donors (Lipinski definition) is 0. The normalized spacial score (nSPS) is 14.6. The van der Waals surface area contributed by atoms with E-state index < -0.39 is 0 Å². The molecule has 5 rings (SSSR count). The minimum atomic E-state index is -0.108. The minimum absolute atomic E-state index is 0.108. The smallest absolute Gasteiger partial charge is 0.292 e. The van der Waals surface area contributed by atoms with E-state index in [1.54, 1.807) is 22.3 Å². The maximum atomic E-state index is 12.4. The van der Waals surface area contributed by atoms with Crippen molar-refractivity contribution >= 4 is 34.0 Å². The number of carbonyl (C=O) groups excluding carboxylic acids is 1. The van der Waals surface area contributed by atoms with E-state index in [0.717, 1.165) is 35.4 Å². The van der Waals surface area contributed by atoms with Crippen LogP contribution in [0.3, 0.4) is 0 Å². The SMILES string of the molecule is O=C(c1ccno1)N1CCN(c2ccc3cccc(-c4ccsc4)c3n2)CC1. The summed E-state index contributed by atoms with van der Waals surface area (Å²) in [5.74, 6) is 1.13. The number of aromatic nitrogens is 2. The number of piperazine rings is 1. The first kappa shape index (κ1) is 16.9. The highest BCUT2D eigenvalue weighted by Crippen LogP contribution is 2.30. The molecule has 4 heterocycles. The molecule has 0 atom stereocenters. The standard InChI is InChI=1S/C21H18N4O2S/c26-21(18-6-8-22-27-18)25-11-9-24(10-12-25)19-5-4-15-2-1-3-17(20(15)23-19)16-7-13-28-14-16/h1-8,13-14H,9-12H2. The Balaban J connectivity index is 1.39. The Bertz CT molecular complexity index is 1100. The first-order valence-corrected chi connectivity index (χ1v) is 10.1. The first-order chi connectivity index (χ1) is 13.8. The first-order valence-electron chi connectivity index (χ1n) is 9.17. The van der Waals surface area contributed by atoms with Gasteiger partial charge in [-0.2, -0.15) is 11.3 Å². The lowest BCUT2D eigenvalue weighted by molar-refractivity contribution is 0.0704. The Hall–Kier alpha value is -3.19. The molecule has 1 aromatic carbocycles. The van der Waals surface area contributed by atoms with Crippen molar-refractivity contribution in [2.24, 2.45) is 0 Å². The summed E-state index contributed by atoms with van der Waals surface area (Å²) in [6.45, 7) is 2.73. The number of rotatable bonds is 3. The number of para-hydroxylation sites is 1. The van der Waals surface area contributed by atoms with Crippen molar-refractivity contribution in [3.63, 3.8) is 0 Å². The second-order valence-electron chi connectivity index (χ2n) is 6.71. The second-order valence-corrected chi connectivity index (χ2v) is 7.49. The summed E-state index contributed by atoms with van der Waals surface area (Å²) in [7, 11) is 0. The van der Waals surface area contributed by atoms with E-state index >= 15 is 0 Å². The molecule has 0 spiro atoms. The van der Waals surface area contributed by atoms with Gasteiger partial charge in [0.05, 0.1) is 11.7 Å². The Labute approximate surface area is 166 Å². The molecular formula is C21H18N4O2S. The molecule has 0 bridgehead atoms. The Morgan fingerprint density at radius 3 is 2.68 bits per heavy atom. The van der Waals surface area contributed by atoms with Crippen LogP contribution in [0.15, 0.2) is 63.9 Å². The fraction of sp³-hybridized carbons (Fsp3) is 0.190. The summed E-state index contributed by atoms with van der Waals surface area (Å²) < 4.78 is 4.99. The van der Waals surface area contributed by atoms with Gasteiger partial charge in [0, 0.05) is 43.2 Å². The summed E-state index contributed by atoms with van der Waals surface area (Å²) in [5.41, 5.74) is 3.36. The average Bonchev–Trinajstić information content (AvgIpc) is 3.47. The summed E-state index contributed by atoms with van der Waals surface area (Å²) in [6, 6.07) is 14.2. The van der Waals surface area contributed by atoms with Gasteiger partial charge in [0.2, 0.25) is 5.76 Å². The molecule has 1 amide bonds. The molecule has 1 saturated heterocycles. The summed E-state index contributed by atoms with van der Waals surface area (Å²) >= 11 is 1.69. The van der Waals surface area contributed by atoms with E-state index in [0.29, 0.717) is 13.1 Å². The van der Waals surface area contributed by atoms with Gasteiger partial charge in [0.15, 0.2) is 0 Å². The number of hydrogen-bond acceptors (Lipinski definition) is 6. The van der Waals surface area contributed by atoms with Gasteiger partial charge in [-0.3, -0.25) is 4.79 Å². The quantitative estimate of drug-likeness (QED) is 0.531. The third-order valence-corrected chi connectivity index (χ3v) is 5.76. The lowest BCUT2D eigenvalue weighted by Gasteiger charge is -2.35. The van der Waals surface area contributed by atoms with Crippen molar-refractivity contribution in [1.82, 2.24) is 15.0 Å². The number of anilines is 1. The van der Waals surface area contributed by atoms with Gasteiger partial charge < -0.3 is 14.3 Å². The van der Waals surface area contributed by atoms with Gasteiger partial charge in [0.25, 0.3) is 5.91 Å². The van der Waals surface area contributed by atoms with Crippen LogP contribution in [0.5, 0.6) is 0 Å². The molecule has 0 saturated carbocycles. The highest BCUT2D eigenvalue weighted by Gasteiger charge is 2.25. The van der Waals surface area contributed by atoms with Gasteiger partial charge in [-0.05, 0) is 34.5 Å². The molecule has 0 N–H and O–H groups in total. The number of thiophene rings is 1. The number of nitrogens with zero attached hydrogens (tertiary/aromatic N) is 4. The highest BCUT2D eigenvalue weighted by atomic mass is 32.1. The summed E-state index contributed by atoms with van der Waals surface area (Å²) in [4.78, 5) is 21.4. The third-order valence-electron chi connectivity index (χ3n) is 5.08. The fourth-order valence-corrected chi connectivity index (χ4v) is 4.24. The van der Waals surface area contributed by atoms with Crippen molar-refractivity contribution in [3.05, 3.63) is 65.2 Å². The topological polar surface area (TPSA) is 62.5 Å². The number of pyridine rings is 1. The van der Waals surface area contributed by atoms with Crippen LogP contribution in [0.1, 0.15) is 10.6 Å². The largest absolute Gasteiger partial charge is 0.353 e. The molecule has 1 aliphatic rings. The molecule has 7 heteroatoms. The fourth-order valence-electron chi connectivity index (χ4n) is 3.58. The van der Waals surface area contributed by atoms with E-state index in [1.807, 2.05) is 0 Å². The maximum absolute atomic E-state index is 12.4. The minimum Gasteiger partial charge on any atom is -0.353 e. The molecule has 3 aromatic heterocycles. The lowest BCUT2D eigenvalue weighted by atomic mass is 10.0. The molecule has 1 aliphatic heterocycles. The number of fused-ring (bicyclic) bond motifs is 1. The molecule has 0 unspecified atom stereocenters. The van der Waals surface area contributed by atoms with Crippen molar-refractivity contribution in [2.75, 3.05) is 31.1 Å². The maximum Gasteiger partial charge on any atom is 0.292 e. The van der Waals surface area contributed by atoms with E-state index in [2.05, 4.69) is 57.2 Å². The van der Waals surface area contributed by atoms with E-state index in [4.69, 9.17) is 9.51 Å². The molecule has 0 aliphatic carbocycles. The van der Waals surface area contributed by atoms with Crippen molar-refractivity contribution in [1.29, 1.82) is 0 Å². The predicted octanol–water partition coefficient (Wildman–Crippen LogP) is 3.91. The van der Waals surface area contributed by atoms with Crippen LogP contribution in [-0.2, 0) is 0 Å². The van der Waals surface area contributed by atoms with Crippen LogP contribution in [0.2, 0.25) is 0 Å². The molecule has 140 valence electrons. The summed E-state index contributed by atoms with van der Waals surface area (Å²) in [6.07, 6.45) is 1.49. The second kappa shape index (κ2) is 7.09. The molecule has 6 nitrogen and oxygen atoms in total. The zero-order chi connectivity index (χ0) is 18.9. The van der Waals surface area contributed by atoms with E-state index in [9.17, 15) is 4.79 Å². The highest BCUT2D eigenvalue weighted by molar-refractivity contribution is 7.08. The molecule has 1 fully saturated rings. The Morgan fingerprint density at radius 2 is 1.93 bits per heavy atom. The van der Waals surface area contributed by atoms with Gasteiger partial charge >= 0.3 is 0 Å².